The topological polar surface area (TPSA) is 72.2 Å². The molecule has 1 unspecified atom stereocenters. The van der Waals surface area contributed by atoms with Crippen LogP contribution in [0.1, 0.15) is 20.8 Å². The van der Waals surface area contributed by atoms with E-state index in [1.54, 1.807) is 6.08 Å². The summed E-state index contributed by atoms with van der Waals surface area (Å²) in [6.45, 7) is 12.4. The van der Waals surface area contributed by atoms with Crippen molar-refractivity contribution < 1.29 is 9.59 Å². The minimum atomic E-state index is -0.858. The Balaban J connectivity index is 0. The third-order valence-electron chi connectivity index (χ3n) is 1.60. The molecule has 2 amide bonds. The summed E-state index contributed by atoms with van der Waals surface area (Å²) in [7, 11) is 0. The van der Waals surface area contributed by atoms with Gasteiger partial charge in [0.25, 0.3) is 0 Å². The maximum Gasteiger partial charge on any atom is 0.236 e. The average molecular weight is 224 g/mol. The minimum Gasteiger partial charge on any atom is -0.369 e. The van der Waals surface area contributed by atoms with Crippen LogP contribution < -0.4 is 11.1 Å². The Labute approximate surface area is 96.9 Å². The van der Waals surface area contributed by atoms with Gasteiger partial charge in [0.2, 0.25) is 11.8 Å². The molecule has 0 bridgehead atoms. The molecule has 0 saturated heterocycles. The molecule has 4 nitrogen and oxygen atoms in total. The molecule has 0 spiro atoms. The van der Waals surface area contributed by atoms with Gasteiger partial charge in [-0.1, -0.05) is 33.1 Å². The second-order valence-electron chi connectivity index (χ2n) is 2.68. The third kappa shape index (κ3) is 6.59. The molecule has 0 aliphatic heterocycles. The Bertz CT molecular complexity index is 293. The van der Waals surface area contributed by atoms with Crippen LogP contribution >= 0.6 is 0 Å². The Hall–Kier alpha value is -1.84. The van der Waals surface area contributed by atoms with Gasteiger partial charge in [0.15, 0.2) is 0 Å². The number of primary amides is 1. The summed E-state index contributed by atoms with van der Waals surface area (Å²) in [5.41, 5.74) is 5.45. The molecule has 4 heteroatoms. The third-order valence-corrected chi connectivity index (χ3v) is 1.60. The highest BCUT2D eigenvalue weighted by Crippen LogP contribution is 1.97. The van der Waals surface area contributed by atoms with Crippen LogP contribution in [0.25, 0.3) is 0 Å². The molecule has 0 heterocycles. The number of nitrogens with one attached hydrogen (secondary N) is 1. The molecule has 16 heavy (non-hydrogen) atoms. The van der Waals surface area contributed by atoms with E-state index in [9.17, 15) is 9.59 Å². The number of allylic oxidation sites excluding steroid dienone is 3. The van der Waals surface area contributed by atoms with Gasteiger partial charge < -0.3 is 11.1 Å². The number of amides is 2. The van der Waals surface area contributed by atoms with Gasteiger partial charge in [-0.05, 0) is 19.1 Å². The van der Waals surface area contributed by atoms with E-state index >= 15 is 0 Å². The zero-order valence-electron chi connectivity index (χ0n) is 10.1. The van der Waals surface area contributed by atoms with Gasteiger partial charge in [-0.15, -0.1) is 0 Å². The van der Waals surface area contributed by atoms with Crippen molar-refractivity contribution >= 4 is 11.8 Å². The summed E-state index contributed by atoms with van der Waals surface area (Å²) in [6, 6.07) is 0. The van der Waals surface area contributed by atoms with Crippen molar-refractivity contribution in [3.8, 4) is 0 Å². The Morgan fingerprint density at radius 3 is 2.12 bits per heavy atom. The van der Waals surface area contributed by atoms with Gasteiger partial charge in [-0.25, -0.2) is 0 Å². The first-order chi connectivity index (χ1) is 7.52. The first-order valence-corrected chi connectivity index (χ1v) is 5.08. The van der Waals surface area contributed by atoms with Crippen LogP contribution in [0.5, 0.6) is 0 Å². The van der Waals surface area contributed by atoms with Gasteiger partial charge in [0.05, 0.1) is 0 Å². The van der Waals surface area contributed by atoms with E-state index in [4.69, 9.17) is 5.73 Å². The van der Waals surface area contributed by atoms with Crippen molar-refractivity contribution in [3.05, 3.63) is 37.1 Å². The van der Waals surface area contributed by atoms with E-state index in [1.807, 2.05) is 13.8 Å². The van der Waals surface area contributed by atoms with E-state index < -0.39 is 17.7 Å². The lowest BCUT2D eigenvalue weighted by atomic mass is 10.1. The molecule has 0 saturated carbocycles. The smallest absolute Gasteiger partial charge is 0.236 e. The fourth-order valence-electron chi connectivity index (χ4n) is 0.667. The van der Waals surface area contributed by atoms with Crippen molar-refractivity contribution in [3.63, 3.8) is 0 Å². The molecule has 0 aromatic heterocycles. The van der Waals surface area contributed by atoms with Gasteiger partial charge in [0, 0.05) is 5.70 Å². The highest BCUT2D eigenvalue weighted by molar-refractivity contribution is 5.99. The monoisotopic (exact) mass is 224 g/mol. The maximum atomic E-state index is 11.3. The molecule has 0 aliphatic rings. The summed E-state index contributed by atoms with van der Waals surface area (Å²) >= 11 is 0. The second-order valence-corrected chi connectivity index (χ2v) is 2.68. The number of carbonyl (C=O) groups excluding carboxylic acids is 2. The van der Waals surface area contributed by atoms with Crippen LogP contribution in [0.4, 0.5) is 0 Å². The van der Waals surface area contributed by atoms with Crippen molar-refractivity contribution in [1.82, 2.24) is 5.32 Å². The number of rotatable bonds is 5. The lowest BCUT2D eigenvalue weighted by Gasteiger charge is -2.08. The standard InChI is InChI=1S/C10H14N2O2.C2H6/c1-4-6-8(5-2)12-10(14)7(3)9(11)13;1-2/h4-7H,1-2H2,3H3,(H2,11,13)(H,12,14);1-2H3/b8-6+;. The van der Waals surface area contributed by atoms with Crippen LogP contribution in [-0.2, 0) is 9.59 Å². The average Bonchev–Trinajstić information content (AvgIpc) is 2.29. The number of hydrogen-bond acceptors (Lipinski definition) is 2. The second kappa shape index (κ2) is 9.71. The molecule has 0 aliphatic carbocycles. The molecule has 0 fully saturated rings. The molecule has 3 N–H and O–H groups in total. The summed E-state index contributed by atoms with van der Waals surface area (Å²) in [4.78, 5) is 22.0. The number of carbonyl (C=O) groups is 2. The Morgan fingerprint density at radius 1 is 1.31 bits per heavy atom. The number of hydrogen-bond donors (Lipinski definition) is 2. The Kier molecular flexibility index (Phi) is 10.1. The van der Waals surface area contributed by atoms with Crippen molar-refractivity contribution in [2.24, 2.45) is 11.7 Å². The zero-order valence-corrected chi connectivity index (χ0v) is 10.1. The predicted molar refractivity (Wildman–Crippen MR) is 66.3 cm³/mol. The molecular formula is C12H20N2O2. The SMILES string of the molecule is C=C/C=C(\C=C)NC(=O)C(C)C(N)=O.CC. The molecule has 0 rings (SSSR count). The van der Waals surface area contributed by atoms with Crippen molar-refractivity contribution in [1.29, 1.82) is 0 Å². The van der Waals surface area contributed by atoms with Gasteiger partial charge >= 0.3 is 0 Å². The van der Waals surface area contributed by atoms with Crippen molar-refractivity contribution in [2.75, 3.05) is 0 Å². The zero-order chi connectivity index (χ0) is 13.1. The van der Waals surface area contributed by atoms with E-state index in [2.05, 4.69) is 18.5 Å². The minimum absolute atomic E-state index is 0.453. The fourth-order valence-corrected chi connectivity index (χ4v) is 0.667. The summed E-state index contributed by atoms with van der Waals surface area (Å²) < 4.78 is 0. The van der Waals surface area contributed by atoms with E-state index in [0.29, 0.717) is 5.70 Å². The van der Waals surface area contributed by atoms with E-state index in [1.165, 1.54) is 19.1 Å². The fraction of sp³-hybridized carbons (Fsp3) is 0.333. The Morgan fingerprint density at radius 2 is 1.81 bits per heavy atom. The predicted octanol–water partition coefficient (Wildman–Crippen LogP) is 1.51. The highest BCUT2D eigenvalue weighted by Gasteiger charge is 2.18. The molecule has 0 aromatic carbocycles. The number of nitrogens with two attached hydrogens (primary N) is 1. The van der Waals surface area contributed by atoms with Gasteiger partial charge in [-0.3, -0.25) is 9.59 Å². The first-order valence-electron chi connectivity index (χ1n) is 5.08. The first kappa shape index (κ1) is 16.6. The summed E-state index contributed by atoms with van der Waals surface area (Å²) in [6.07, 6.45) is 4.53. The highest BCUT2D eigenvalue weighted by atomic mass is 16.2. The van der Waals surface area contributed by atoms with Gasteiger partial charge in [0.1, 0.15) is 5.92 Å². The van der Waals surface area contributed by atoms with Crippen LogP contribution in [-0.4, -0.2) is 11.8 Å². The van der Waals surface area contributed by atoms with E-state index in [0.717, 1.165) is 0 Å². The largest absolute Gasteiger partial charge is 0.369 e. The van der Waals surface area contributed by atoms with Crippen LogP contribution in [0.3, 0.4) is 0 Å². The molecule has 0 aromatic rings. The van der Waals surface area contributed by atoms with Crippen LogP contribution in [0.15, 0.2) is 37.1 Å². The molecule has 1 atom stereocenters. The maximum absolute atomic E-state index is 11.3. The summed E-state index contributed by atoms with van der Waals surface area (Å²) in [5, 5.41) is 2.48. The van der Waals surface area contributed by atoms with Gasteiger partial charge in [-0.2, -0.15) is 0 Å². The molecule has 90 valence electrons. The lowest BCUT2D eigenvalue weighted by Crippen LogP contribution is -2.36. The molecule has 0 radical (unpaired) electrons. The summed E-state index contributed by atoms with van der Waals surface area (Å²) in [5.74, 6) is -1.97. The quantitative estimate of drug-likeness (QED) is 0.548. The normalized spacial score (nSPS) is 11.6. The van der Waals surface area contributed by atoms with Crippen molar-refractivity contribution in [2.45, 2.75) is 20.8 Å². The lowest BCUT2D eigenvalue weighted by molar-refractivity contribution is -0.132. The van der Waals surface area contributed by atoms with Crippen LogP contribution in [0.2, 0.25) is 0 Å². The van der Waals surface area contributed by atoms with Crippen LogP contribution in [0, 0.1) is 5.92 Å². The van der Waals surface area contributed by atoms with E-state index in [-0.39, 0.29) is 0 Å². The molecular weight excluding hydrogens is 204 g/mol.